The highest BCUT2D eigenvalue weighted by Crippen LogP contribution is 2.33. The number of aryl methyl sites for hydroxylation is 2. The summed E-state index contributed by atoms with van der Waals surface area (Å²) in [7, 11) is 0. The van der Waals surface area contributed by atoms with Gasteiger partial charge in [-0.2, -0.15) is 10.2 Å². The molecule has 0 unspecified atom stereocenters. The zero-order valence-electron chi connectivity index (χ0n) is 13.0. The van der Waals surface area contributed by atoms with Crippen molar-refractivity contribution in [2.75, 3.05) is 0 Å². The molecular formula is C16H20N6. The van der Waals surface area contributed by atoms with E-state index in [-0.39, 0.29) is 0 Å². The Kier molecular flexibility index (Phi) is 3.17. The van der Waals surface area contributed by atoms with Crippen LogP contribution in [0.5, 0.6) is 0 Å². The quantitative estimate of drug-likeness (QED) is 0.745. The SMILES string of the molecule is CCn1nc(C2CCCC2)nc1-c1cnc2ccnn2c1C. The van der Waals surface area contributed by atoms with Crippen LogP contribution in [0.3, 0.4) is 0 Å². The number of hydrogen-bond donors (Lipinski definition) is 0. The van der Waals surface area contributed by atoms with Crippen LogP contribution in [-0.2, 0) is 6.54 Å². The van der Waals surface area contributed by atoms with Crippen LogP contribution in [-0.4, -0.2) is 29.4 Å². The third-order valence-corrected chi connectivity index (χ3v) is 4.61. The van der Waals surface area contributed by atoms with Gasteiger partial charge in [0.2, 0.25) is 0 Å². The summed E-state index contributed by atoms with van der Waals surface area (Å²) in [6, 6.07) is 1.91. The third kappa shape index (κ3) is 2.01. The standard InChI is InChI=1S/C16H20N6/c1-3-21-16(19-15(20-21)12-6-4-5-7-12)13-10-17-14-8-9-18-22(14)11(13)2/h8-10,12H,3-7H2,1-2H3. The first-order valence-corrected chi connectivity index (χ1v) is 8.02. The Morgan fingerprint density at radius 3 is 2.86 bits per heavy atom. The van der Waals surface area contributed by atoms with Crippen LogP contribution in [0.4, 0.5) is 0 Å². The van der Waals surface area contributed by atoms with E-state index in [9.17, 15) is 0 Å². The van der Waals surface area contributed by atoms with Crippen LogP contribution >= 0.6 is 0 Å². The Hall–Kier alpha value is -2.24. The van der Waals surface area contributed by atoms with Crippen LogP contribution < -0.4 is 0 Å². The Labute approximate surface area is 129 Å². The maximum atomic E-state index is 4.86. The fraction of sp³-hybridized carbons (Fsp3) is 0.500. The van der Waals surface area contributed by atoms with Gasteiger partial charge in [0.05, 0.1) is 17.5 Å². The minimum absolute atomic E-state index is 0.522. The summed E-state index contributed by atoms with van der Waals surface area (Å²) >= 11 is 0. The minimum atomic E-state index is 0.522. The molecule has 114 valence electrons. The van der Waals surface area contributed by atoms with Gasteiger partial charge in [0, 0.05) is 24.7 Å². The van der Waals surface area contributed by atoms with Gasteiger partial charge >= 0.3 is 0 Å². The molecule has 0 radical (unpaired) electrons. The molecule has 1 aliphatic rings. The van der Waals surface area contributed by atoms with Crippen molar-refractivity contribution in [1.82, 2.24) is 29.4 Å². The number of hydrogen-bond acceptors (Lipinski definition) is 4. The smallest absolute Gasteiger partial charge is 0.161 e. The topological polar surface area (TPSA) is 60.9 Å². The lowest BCUT2D eigenvalue weighted by Gasteiger charge is -2.07. The Morgan fingerprint density at radius 1 is 1.27 bits per heavy atom. The average Bonchev–Trinajstić information content (AvgIpc) is 3.27. The normalized spacial score (nSPS) is 15.9. The van der Waals surface area contributed by atoms with E-state index in [2.05, 4.69) is 23.9 Å². The molecule has 3 aromatic rings. The summed E-state index contributed by atoms with van der Waals surface area (Å²) in [5.74, 6) is 2.43. The van der Waals surface area contributed by atoms with Gasteiger partial charge in [-0.3, -0.25) is 0 Å². The molecule has 0 spiro atoms. The lowest BCUT2D eigenvalue weighted by Crippen LogP contribution is -2.04. The molecule has 0 bridgehead atoms. The molecule has 1 fully saturated rings. The lowest BCUT2D eigenvalue weighted by atomic mass is 10.1. The number of fused-ring (bicyclic) bond motifs is 1. The molecule has 1 saturated carbocycles. The average molecular weight is 296 g/mol. The van der Waals surface area contributed by atoms with Gasteiger partial charge in [-0.15, -0.1) is 0 Å². The van der Waals surface area contributed by atoms with Crippen molar-refractivity contribution in [3.63, 3.8) is 0 Å². The van der Waals surface area contributed by atoms with Gasteiger partial charge in [-0.1, -0.05) is 12.8 Å². The predicted molar refractivity (Wildman–Crippen MR) is 83.6 cm³/mol. The molecule has 4 rings (SSSR count). The van der Waals surface area contributed by atoms with Crippen LogP contribution in [0.1, 0.15) is 50.0 Å². The van der Waals surface area contributed by atoms with Crippen molar-refractivity contribution < 1.29 is 0 Å². The molecule has 0 amide bonds. The van der Waals surface area contributed by atoms with Crippen LogP contribution in [0.2, 0.25) is 0 Å². The fourth-order valence-corrected chi connectivity index (χ4v) is 3.35. The summed E-state index contributed by atoms with van der Waals surface area (Å²) in [4.78, 5) is 9.34. The van der Waals surface area contributed by atoms with Crippen molar-refractivity contribution in [3.8, 4) is 11.4 Å². The van der Waals surface area contributed by atoms with E-state index in [4.69, 9.17) is 10.1 Å². The van der Waals surface area contributed by atoms with Gasteiger partial charge in [0.15, 0.2) is 17.3 Å². The lowest BCUT2D eigenvalue weighted by molar-refractivity contribution is 0.614. The van der Waals surface area contributed by atoms with Gasteiger partial charge in [0.25, 0.3) is 0 Å². The van der Waals surface area contributed by atoms with Crippen molar-refractivity contribution in [1.29, 1.82) is 0 Å². The summed E-state index contributed by atoms with van der Waals surface area (Å²) in [5, 5.41) is 9.08. The fourth-order valence-electron chi connectivity index (χ4n) is 3.35. The van der Waals surface area contributed by atoms with Crippen molar-refractivity contribution in [2.45, 2.75) is 52.0 Å². The summed E-state index contributed by atoms with van der Waals surface area (Å²) in [5.41, 5.74) is 2.92. The van der Waals surface area contributed by atoms with Gasteiger partial charge in [-0.25, -0.2) is 19.2 Å². The monoisotopic (exact) mass is 296 g/mol. The largest absolute Gasteiger partial charge is 0.246 e. The number of nitrogens with zero attached hydrogens (tertiary/aromatic N) is 6. The second kappa shape index (κ2) is 5.19. The first-order valence-electron chi connectivity index (χ1n) is 8.02. The van der Waals surface area contributed by atoms with E-state index in [0.29, 0.717) is 5.92 Å². The van der Waals surface area contributed by atoms with Gasteiger partial charge in [0.1, 0.15) is 0 Å². The first-order chi connectivity index (χ1) is 10.8. The van der Waals surface area contributed by atoms with Crippen LogP contribution in [0.15, 0.2) is 18.5 Å². The molecular weight excluding hydrogens is 276 g/mol. The molecule has 1 aliphatic carbocycles. The predicted octanol–water partition coefficient (Wildman–Crippen LogP) is 2.97. The van der Waals surface area contributed by atoms with Crippen molar-refractivity contribution in [3.05, 3.63) is 30.0 Å². The van der Waals surface area contributed by atoms with E-state index in [1.54, 1.807) is 6.20 Å². The minimum Gasteiger partial charge on any atom is -0.246 e. The summed E-state index contributed by atoms with van der Waals surface area (Å²) < 4.78 is 3.85. The van der Waals surface area contributed by atoms with Gasteiger partial charge < -0.3 is 0 Å². The Bertz CT molecular complexity index is 809. The highest BCUT2D eigenvalue weighted by atomic mass is 15.4. The second-order valence-electron chi connectivity index (χ2n) is 5.95. The second-order valence-corrected chi connectivity index (χ2v) is 5.95. The summed E-state index contributed by atoms with van der Waals surface area (Å²) in [6.07, 6.45) is 8.67. The molecule has 0 aromatic carbocycles. The van der Waals surface area contributed by atoms with Crippen molar-refractivity contribution >= 4 is 5.65 Å². The maximum absolute atomic E-state index is 4.86. The number of rotatable bonds is 3. The zero-order chi connectivity index (χ0) is 15.1. The molecule has 0 N–H and O–H groups in total. The van der Waals surface area contributed by atoms with Crippen LogP contribution in [0, 0.1) is 6.92 Å². The van der Waals surface area contributed by atoms with E-state index in [0.717, 1.165) is 35.1 Å². The molecule has 0 saturated heterocycles. The third-order valence-electron chi connectivity index (χ3n) is 4.61. The first kappa shape index (κ1) is 13.4. The molecule has 3 heterocycles. The van der Waals surface area contributed by atoms with E-state index < -0.39 is 0 Å². The van der Waals surface area contributed by atoms with E-state index >= 15 is 0 Å². The van der Waals surface area contributed by atoms with Gasteiger partial charge in [-0.05, 0) is 26.7 Å². The van der Waals surface area contributed by atoms with E-state index in [1.165, 1.54) is 25.7 Å². The highest BCUT2D eigenvalue weighted by molar-refractivity contribution is 5.59. The molecule has 6 heteroatoms. The zero-order valence-corrected chi connectivity index (χ0v) is 13.0. The summed E-state index contributed by atoms with van der Waals surface area (Å²) in [6.45, 7) is 4.97. The Balaban J connectivity index is 1.84. The maximum Gasteiger partial charge on any atom is 0.161 e. The van der Waals surface area contributed by atoms with Crippen molar-refractivity contribution in [2.24, 2.45) is 0 Å². The molecule has 6 nitrogen and oxygen atoms in total. The molecule has 0 atom stereocenters. The van der Waals surface area contributed by atoms with E-state index in [1.807, 2.05) is 21.5 Å². The van der Waals surface area contributed by atoms with Crippen LogP contribution in [0.25, 0.3) is 17.0 Å². The number of aromatic nitrogens is 6. The Morgan fingerprint density at radius 2 is 2.09 bits per heavy atom. The molecule has 22 heavy (non-hydrogen) atoms. The molecule has 0 aliphatic heterocycles. The molecule has 3 aromatic heterocycles. The highest BCUT2D eigenvalue weighted by Gasteiger charge is 2.24.